The highest BCUT2D eigenvalue weighted by molar-refractivity contribution is 5.85. The molecule has 7 heteroatoms. The first-order chi connectivity index (χ1) is 5.65. The molecule has 0 radical (unpaired) electrons. The topological polar surface area (TPSA) is 81.2 Å². The minimum Gasteiger partial charge on any atom is -0.318 e. The van der Waals surface area contributed by atoms with E-state index in [2.05, 4.69) is 5.43 Å². The number of anilines is 1. The number of nitro benzene ring substituents is 1. The van der Waals surface area contributed by atoms with Gasteiger partial charge in [0.15, 0.2) is 0 Å². The Hall–Kier alpha value is -1.04. The minimum absolute atomic E-state index is 0. The van der Waals surface area contributed by atoms with Crippen molar-refractivity contribution in [3.63, 3.8) is 0 Å². The maximum Gasteiger partial charge on any atom is 0.293 e. The largest absolute Gasteiger partial charge is 0.318 e. The van der Waals surface area contributed by atoms with Crippen LogP contribution in [-0.2, 0) is 0 Å². The smallest absolute Gasteiger partial charge is 0.293 e. The van der Waals surface area contributed by atoms with E-state index in [0.717, 1.165) is 5.56 Å². The molecule has 80 valence electrons. The van der Waals surface area contributed by atoms with Crippen molar-refractivity contribution in [1.29, 1.82) is 0 Å². The van der Waals surface area contributed by atoms with Gasteiger partial charge in [-0.15, -0.1) is 24.8 Å². The van der Waals surface area contributed by atoms with Crippen LogP contribution in [0.1, 0.15) is 5.56 Å². The first kappa shape index (κ1) is 15.4. The van der Waals surface area contributed by atoms with Gasteiger partial charge in [-0.1, -0.05) is 6.07 Å². The molecule has 0 aliphatic rings. The molecule has 0 unspecified atom stereocenters. The summed E-state index contributed by atoms with van der Waals surface area (Å²) in [6.45, 7) is 1.79. The van der Waals surface area contributed by atoms with Crippen LogP contribution in [0.15, 0.2) is 18.2 Å². The number of nitrogens with one attached hydrogen (secondary N) is 1. The van der Waals surface area contributed by atoms with Gasteiger partial charge in [0.05, 0.1) is 4.92 Å². The van der Waals surface area contributed by atoms with Crippen molar-refractivity contribution < 1.29 is 4.92 Å². The summed E-state index contributed by atoms with van der Waals surface area (Å²) < 4.78 is 0. The number of rotatable bonds is 2. The Morgan fingerprint density at radius 1 is 1.43 bits per heavy atom. The fourth-order valence-corrected chi connectivity index (χ4v) is 0.915. The number of nitrogens with zero attached hydrogens (tertiary/aromatic N) is 1. The fourth-order valence-electron chi connectivity index (χ4n) is 0.915. The fraction of sp³-hybridized carbons (Fsp3) is 0.143. The average Bonchev–Trinajstić information content (AvgIpc) is 2.04. The number of halogens is 2. The van der Waals surface area contributed by atoms with E-state index in [9.17, 15) is 10.1 Å². The van der Waals surface area contributed by atoms with Crippen molar-refractivity contribution in [2.75, 3.05) is 5.43 Å². The molecule has 0 amide bonds. The molecule has 1 aromatic carbocycles. The molecule has 1 aromatic rings. The van der Waals surface area contributed by atoms with Gasteiger partial charge in [-0.05, 0) is 18.6 Å². The van der Waals surface area contributed by atoms with E-state index in [1.807, 2.05) is 0 Å². The molecule has 0 aromatic heterocycles. The second kappa shape index (κ2) is 6.42. The summed E-state index contributed by atoms with van der Waals surface area (Å²) >= 11 is 0. The molecule has 3 N–H and O–H groups in total. The molecular formula is C7H11Cl2N3O2. The third-order valence-electron chi connectivity index (χ3n) is 1.51. The summed E-state index contributed by atoms with van der Waals surface area (Å²) in [5, 5.41) is 10.4. The van der Waals surface area contributed by atoms with Crippen molar-refractivity contribution in [1.82, 2.24) is 0 Å². The zero-order chi connectivity index (χ0) is 9.14. The Bertz CT molecular complexity index is 320. The molecule has 0 aliphatic carbocycles. The van der Waals surface area contributed by atoms with Crippen molar-refractivity contribution in [2.45, 2.75) is 6.92 Å². The molecule has 0 fully saturated rings. The molecule has 0 atom stereocenters. The first-order valence-electron chi connectivity index (χ1n) is 3.37. The monoisotopic (exact) mass is 239 g/mol. The number of hydrazine groups is 1. The third kappa shape index (κ3) is 3.37. The lowest BCUT2D eigenvalue weighted by Gasteiger charge is -2.01. The van der Waals surface area contributed by atoms with Crippen LogP contribution in [-0.4, -0.2) is 4.92 Å². The highest BCUT2D eigenvalue weighted by atomic mass is 35.5. The normalized spacial score (nSPS) is 8.14. The second-order valence-corrected chi connectivity index (χ2v) is 2.42. The molecular weight excluding hydrogens is 229 g/mol. The summed E-state index contributed by atoms with van der Waals surface area (Å²) in [5.74, 6) is 5.08. The van der Waals surface area contributed by atoms with Gasteiger partial charge in [0.25, 0.3) is 5.69 Å². The lowest BCUT2D eigenvalue weighted by molar-refractivity contribution is -0.384. The molecule has 0 saturated heterocycles. The number of aryl methyl sites for hydroxylation is 1. The van der Waals surface area contributed by atoms with Gasteiger partial charge < -0.3 is 5.43 Å². The summed E-state index contributed by atoms with van der Waals surface area (Å²) in [7, 11) is 0. The number of nitrogen functional groups attached to an aromatic ring is 1. The Labute approximate surface area is 93.6 Å². The van der Waals surface area contributed by atoms with E-state index in [1.165, 1.54) is 6.07 Å². The van der Waals surface area contributed by atoms with Crippen LogP contribution in [0.5, 0.6) is 0 Å². The standard InChI is InChI=1S/C7H9N3O2.2ClH/c1-5-2-3-6(9-8)7(4-5)10(11)12;;/h2-4,9H,8H2,1H3;2*1H. The average molecular weight is 240 g/mol. The van der Waals surface area contributed by atoms with E-state index in [4.69, 9.17) is 5.84 Å². The lowest BCUT2D eigenvalue weighted by atomic mass is 10.2. The van der Waals surface area contributed by atoms with Crippen LogP contribution in [0, 0.1) is 17.0 Å². The Morgan fingerprint density at radius 2 is 2.00 bits per heavy atom. The van der Waals surface area contributed by atoms with Gasteiger partial charge in [-0.3, -0.25) is 16.0 Å². The molecule has 5 nitrogen and oxygen atoms in total. The van der Waals surface area contributed by atoms with Gasteiger partial charge >= 0.3 is 0 Å². The summed E-state index contributed by atoms with van der Waals surface area (Å²) in [6.07, 6.45) is 0. The number of hydrogen-bond acceptors (Lipinski definition) is 4. The van der Waals surface area contributed by atoms with Gasteiger partial charge in [-0.25, -0.2) is 0 Å². The van der Waals surface area contributed by atoms with Gasteiger partial charge in [-0.2, -0.15) is 0 Å². The van der Waals surface area contributed by atoms with Crippen LogP contribution >= 0.6 is 24.8 Å². The zero-order valence-electron chi connectivity index (χ0n) is 7.39. The molecule has 0 aliphatic heterocycles. The van der Waals surface area contributed by atoms with E-state index in [0.29, 0.717) is 5.69 Å². The Balaban J connectivity index is 0. The number of benzene rings is 1. The van der Waals surface area contributed by atoms with Crippen molar-refractivity contribution in [3.8, 4) is 0 Å². The van der Waals surface area contributed by atoms with E-state index < -0.39 is 4.92 Å². The highest BCUT2D eigenvalue weighted by Gasteiger charge is 2.11. The van der Waals surface area contributed by atoms with Crippen LogP contribution in [0.25, 0.3) is 0 Å². The number of nitro groups is 1. The number of hydrogen-bond donors (Lipinski definition) is 2. The number of nitrogens with two attached hydrogens (primary N) is 1. The maximum atomic E-state index is 10.4. The Kier molecular flexibility index (Phi) is 7.08. The zero-order valence-corrected chi connectivity index (χ0v) is 9.02. The molecule has 0 saturated carbocycles. The second-order valence-electron chi connectivity index (χ2n) is 2.42. The van der Waals surface area contributed by atoms with Gasteiger partial charge in [0.2, 0.25) is 0 Å². The molecule has 0 bridgehead atoms. The SMILES string of the molecule is Cc1ccc(NN)c([N+](=O)[O-])c1.Cl.Cl. The molecule has 1 rings (SSSR count). The van der Waals surface area contributed by atoms with Gasteiger partial charge in [0, 0.05) is 6.07 Å². The third-order valence-corrected chi connectivity index (χ3v) is 1.51. The summed E-state index contributed by atoms with van der Waals surface area (Å²) in [5.41, 5.74) is 3.42. The summed E-state index contributed by atoms with van der Waals surface area (Å²) in [4.78, 5) is 9.97. The van der Waals surface area contributed by atoms with Crippen molar-refractivity contribution >= 4 is 36.2 Å². The van der Waals surface area contributed by atoms with E-state index in [-0.39, 0.29) is 30.5 Å². The minimum atomic E-state index is -0.470. The lowest BCUT2D eigenvalue weighted by Crippen LogP contribution is -2.08. The first-order valence-corrected chi connectivity index (χ1v) is 3.37. The van der Waals surface area contributed by atoms with Crippen LogP contribution < -0.4 is 11.3 Å². The van der Waals surface area contributed by atoms with Crippen LogP contribution in [0.4, 0.5) is 11.4 Å². The van der Waals surface area contributed by atoms with E-state index >= 15 is 0 Å². The van der Waals surface area contributed by atoms with E-state index in [1.54, 1.807) is 19.1 Å². The predicted molar refractivity (Wildman–Crippen MR) is 60.1 cm³/mol. The van der Waals surface area contributed by atoms with Crippen LogP contribution in [0.3, 0.4) is 0 Å². The quantitative estimate of drug-likeness (QED) is 0.470. The summed E-state index contributed by atoms with van der Waals surface area (Å²) in [6, 6.07) is 4.80. The molecule has 14 heavy (non-hydrogen) atoms. The predicted octanol–water partition coefficient (Wildman–Crippen LogP) is 2.03. The molecule has 0 spiro atoms. The van der Waals surface area contributed by atoms with Crippen molar-refractivity contribution in [3.05, 3.63) is 33.9 Å². The van der Waals surface area contributed by atoms with Gasteiger partial charge in [0.1, 0.15) is 5.69 Å². The highest BCUT2D eigenvalue weighted by Crippen LogP contribution is 2.23. The maximum absolute atomic E-state index is 10.4. The van der Waals surface area contributed by atoms with Crippen molar-refractivity contribution in [2.24, 2.45) is 5.84 Å². The molecule has 0 heterocycles. The van der Waals surface area contributed by atoms with Crippen LogP contribution in [0.2, 0.25) is 0 Å². The Morgan fingerprint density at radius 3 is 2.43 bits per heavy atom.